The number of carboxylic acid groups (broad SMARTS) is 1. The highest BCUT2D eigenvalue weighted by molar-refractivity contribution is 5.70. The Balaban J connectivity index is 2.17. The molecule has 2 rings (SSSR count). The lowest BCUT2D eigenvalue weighted by Gasteiger charge is -2.37. The summed E-state index contributed by atoms with van der Waals surface area (Å²) in [5.74, 6) is -1.51. The van der Waals surface area contributed by atoms with Crippen LogP contribution in [-0.4, -0.2) is 58.9 Å². The molecule has 2 fully saturated rings. The first-order valence-corrected chi connectivity index (χ1v) is 7.96. The van der Waals surface area contributed by atoms with Crippen LogP contribution in [0.15, 0.2) is 0 Å². The number of aliphatic carboxylic acids is 1. The van der Waals surface area contributed by atoms with Gasteiger partial charge in [-0.25, -0.2) is 4.90 Å². The molecule has 4 atom stereocenters. The van der Waals surface area contributed by atoms with Gasteiger partial charge in [0.25, 0.3) is 0 Å². The lowest BCUT2D eigenvalue weighted by molar-refractivity contribution is -0.250. The molecule has 1 saturated heterocycles. The number of carbonyl (C=O) groups is 1. The van der Waals surface area contributed by atoms with Crippen LogP contribution in [0.25, 0.3) is 0 Å². The van der Waals surface area contributed by atoms with Gasteiger partial charge in [0.05, 0.1) is 17.6 Å². The number of rotatable bonds is 6. The third kappa shape index (κ3) is 3.79. The first-order chi connectivity index (χ1) is 10.1. The molecular weight excluding hydrogens is 286 g/mol. The van der Waals surface area contributed by atoms with Gasteiger partial charge in [0.2, 0.25) is 6.41 Å². The Hall–Kier alpha value is -0.690. The molecule has 1 unspecified atom stereocenters. The molecule has 1 aliphatic heterocycles. The summed E-state index contributed by atoms with van der Waals surface area (Å²) in [6.07, 6.45) is 1.60. The van der Waals surface area contributed by atoms with Crippen molar-refractivity contribution in [2.45, 2.75) is 71.1 Å². The first-order valence-electron chi connectivity index (χ1n) is 7.96. The van der Waals surface area contributed by atoms with Crippen LogP contribution in [-0.2, 0) is 14.3 Å². The van der Waals surface area contributed by atoms with E-state index in [4.69, 9.17) is 9.47 Å². The fourth-order valence-electron chi connectivity index (χ4n) is 3.43. The molecule has 1 aliphatic carbocycles. The van der Waals surface area contributed by atoms with Gasteiger partial charge < -0.3 is 19.7 Å². The van der Waals surface area contributed by atoms with Crippen molar-refractivity contribution >= 4 is 5.97 Å². The maximum Gasteiger partial charge on any atom is 0.308 e. The minimum Gasteiger partial charge on any atom is -0.481 e. The Morgan fingerprint density at radius 1 is 1.36 bits per heavy atom. The standard InChI is InChI=1S/C16H29NO5/c1-10(13(18)19)12(21-5)11-8-16(6-7-16)9-17(11)14(20)22-15(2,3)4/h10-12,14,20H,6-9H2,1-5H3,(H,18,19)/t10-,11+,12-,14?/m1/s1. The molecule has 0 aromatic heterocycles. The number of carboxylic acids is 1. The van der Waals surface area contributed by atoms with Crippen molar-refractivity contribution in [1.29, 1.82) is 0 Å². The summed E-state index contributed by atoms with van der Waals surface area (Å²) >= 11 is 0. The number of likely N-dealkylation sites (tertiary alicyclic amines) is 1. The fourth-order valence-corrected chi connectivity index (χ4v) is 3.43. The number of hydrogen-bond acceptors (Lipinski definition) is 5. The van der Waals surface area contributed by atoms with Gasteiger partial charge in [-0.1, -0.05) is 0 Å². The summed E-state index contributed by atoms with van der Waals surface area (Å²) in [5.41, 5.74) is -0.258. The molecule has 1 saturated carbocycles. The minimum absolute atomic E-state index is 0.143. The van der Waals surface area contributed by atoms with Gasteiger partial charge in [-0.15, -0.1) is 0 Å². The van der Waals surface area contributed by atoms with Crippen LogP contribution >= 0.6 is 0 Å². The van der Waals surface area contributed by atoms with Crippen LogP contribution in [0.3, 0.4) is 0 Å². The predicted molar refractivity (Wildman–Crippen MR) is 81.2 cm³/mol. The number of aliphatic hydroxyl groups excluding tert-OH is 1. The molecule has 6 nitrogen and oxygen atoms in total. The van der Waals surface area contributed by atoms with E-state index in [0.717, 1.165) is 25.8 Å². The molecule has 0 amide bonds. The Morgan fingerprint density at radius 3 is 2.36 bits per heavy atom. The number of aliphatic hydroxyl groups is 1. The third-order valence-corrected chi connectivity index (χ3v) is 4.82. The third-order valence-electron chi connectivity index (χ3n) is 4.82. The molecule has 22 heavy (non-hydrogen) atoms. The van der Waals surface area contributed by atoms with Crippen LogP contribution in [0.5, 0.6) is 0 Å². The van der Waals surface area contributed by atoms with Crippen LogP contribution < -0.4 is 0 Å². The highest BCUT2D eigenvalue weighted by Crippen LogP contribution is 2.56. The zero-order chi connectivity index (χ0) is 16.7. The van der Waals surface area contributed by atoms with Crippen molar-refractivity contribution in [1.82, 2.24) is 4.90 Å². The Kier molecular flexibility index (Phi) is 4.88. The molecule has 6 heteroatoms. The number of ether oxygens (including phenoxy) is 2. The molecule has 1 spiro atoms. The number of methoxy groups -OCH3 is 1. The van der Waals surface area contributed by atoms with E-state index in [1.165, 1.54) is 7.11 Å². The molecule has 0 radical (unpaired) electrons. The molecule has 1 heterocycles. The summed E-state index contributed by atoms with van der Waals surface area (Å²) in [5, 5.41) is 19.8. The summed E-state index contributed by atoms with van der Waals surface area (Å²) in [7, 11) is 1.54. The van der Waals surface area contributed by atoms with E-state index >= 15 is 0 Å². The lowest BCUT2D eigenvalue weighted by Crippen LogP contribution is -2.51. The second-order valence-electron chi connectivity index (χ2n) is 7.83. The SMILES string of the molecule is CO[C@H]([C@@H](C)C(=O)O)[C@@H]1CC2(CC2)CN1C(O)OC(C)(C)C. The highest BCUT2D eigenvalue weighted by atomic mass is 16.6. The smallest absolute Gasteiger partial charge is 0.308 e. The van der Waals surface area contributed by atoms with E-state index in [2.05, 4.69) is 0 Å². The summed E-state index contributed by atoms with van der Waals surface area (Å²) < 4.78 is 11.2. The van der Waals surface area contributed by atoms with Gasteiger partial charge in [0.1, 0.15) is 0 Å². The normalized spacial score (nSPS) is 28.5. The van der Waals surface area contributed by atoms with Gasteiger partial charge in [-0.2, -0.15) is 0 Å². The quantitative estimate of drug-likeness (QED) is 0.726. The Labute approximate surface area is 132 Å². The van der Waals surface area contributed by atoms with Gasteiger partial charge in [-0.3, -0.25) is 4.79 Å². The van der Waals surface area contributed by atoms with E-state index in [-0.39, 0.29) is 11.5 Å². The van der Waals surface area contributed by atoms with Gasteiger partial charge in [0.15, 0.2) is 0 Å². The van der Waals surface area contributed by atoms with Crippen LogP contribution in [0.2, 0.25) is 0 Å². The summed E-state index contributed by atoms with van der Waals surface area (Å²) in [6, 6.07) is -0.143. The van der Waals surface area contributed by atoms with E-state index in [1.54, 1.807) is 6.92 Å². The summed E-state index contributed by atoms with van der Waals surface area (Å²) in [6.45, 7) is 8.07. The minimum atomic E-state index is -1.04. The first kappa shape index (κ1) is 17.7. The lowest BCUT2D eigenvalue weighted by atomic mass is 9.92. The van der Waals surface area contributed by atoms with E-state index in [1.807, 2.05) is 25.7 Å². The van der Waals surface area contributed by atoms with E-state index in [0.29, 0.717) is 0 Å². The van der Waals surface area contributed by atoms with Crippen LogP contribution in [0.1, 0.15) is 47.0 Å². The molecule has 2 N–H and O–H groups in total. The Morgan fingerprint density at radius 2 is 1.95 bits per heavy atom. The summed E-state index contributed by atoms with van der Waals surface area (Å²) in [4.78, 5) is 13.2. The van der Waals surface area contributed by atoms with Crippen LogP contribution in [0.4, 0.5) is 0 Å². The van der Waals surface area contributed by atoms with Crippen molar-refractivity contribution in [3.63, 3.8) is 0 Å². The van der Waals surface area contributed by atoms with Gasteiger partial charge in [0, 0.05) is 19.7 Å². The molecular formula is C16H29NO5. The largest absolute Gasteiger partial charge is 0.481 e. The Bertz CT molecular complexity index is 415. The average molecular weight is 315 g/mol. The molecule has 2 aliphatic rings. The van der Waals surface area contributed by atoms with Gasteiger partial charge >= 0.3 is 5.97 Å². The fraction of sp³-hybridized carbons (Fsp3) is 0.938. The second kappa shape index (κ2) is 6.07. The average Bonchev–Trinajstić information content (AvgIpc) is 3.01. The predicted octanol–water partition coefficient (Wildman–Crippen LogP) is 1.67. The monoisotopic (exact) mass is 315 g/mol. The van der Waals surface area contributed by atoms with Crippen molar-refractivity contribution in [3.05, 3.63) is 0 Å². The molecule has 0 aromatic carbocycles. The molecule has 0 bridgehead atoms. The molecule has 128 valence electrons. The van der Waals surface area contributed by atoms with Crippen molar-refractivity contribution in [2.24, 2.45) is 11.3 Å². The number of hydrogen-bond donors (Lipinski definition) is 2. The zero-order valence-electron chi connectivity index (χ0n) is 14.2. The van der Waals surface area contributed by atoms with Crippen molar-refractivity contribution in [2.75, 3.05) is 13.7 Å². The maximum atomic E-state index is 11.3. The van der Waals surface area contributed by atoms with Gasteiger partial charge in [-0.05, 0) is 52.4 Å². The number of nitrogens with zero attached hydrogens (tertiary/aromatic N) is 1. The van der Waals surface area contributed by atoms with Crippen LogP contribution in [0, 0.1) is 11.3 Å². The zero-order valence-corrected chi connectivity index (χ0v) is 14.2. The molecule has 0 aromatic rings. The maximum absolute atomic E-state index is 11.3. The van der Waals surface area contributed by atoms with E-state index in [9.17, 15) is 15.0 Å². The van der Waals surface area contributed by atoms with E-state index < -0.39 is 30.0 Å². The van der Waals surface area contributed by atoms with Crippen molar-refractivity contribution in [3.8, 4) is 0 Å². The second-order valence-corrected chi connectivity index (χ2v) is 7.83. The highest BCUT2D eigenvalue weighted by Gasteiger charge is 2.56. The van der Waals surface area contributed by atoms with Crippen molar-refractivity contribution < 1.29 is 24.5 Å². The topological polar surface area (TPSA) is 79.2 Å².